The van der Waals surface area contributed by atoms with E-state index in [1.165, 1.54) is 6.08 Å². The summed E-state index contributed by atoms with van der Waals surface area (Å²) in [6, 6.07) is 11.6. The average Bonchev–Trinajstić information content (AvgIpc) is 2.44. The second-order valence-electron chi connectivity index (χ2n) is 3.57. The van der Waals surface area contributed by atoms with Crippen LogP contribution in [0, 0.1) is 11.3 Å². The Morgan fingerprint density at radius 3 is 2.63 bits per heavy atom. The Hall–Kier alpha value is -2.60. The third kappa shape index (κ3) is 5.51. The Morgan fingerprint density at radius 2 is 2.00 bits per heavy atom. The normalized spacial score (nSPS) is 11.7. The molecule has 3 heteroatoms. The van der Waals surface area contributed by atoms with Crippen LogP contribution in [0.5, 0.6) is 0 Å². The molecule has 1 aromatic rings. The van der Waals surface area contributed by atoms with Gasteiger partial charge in [-0.15, -0.1) is 0 Å². The van der Waals surface area contributed by atoms with Crippen LogP contribution < -0.4 is 0 Å². The van der Waals surface area contributed by atoms with Gasteiger partial charge >= 0.3 is 5.97 Å². The van der Waals surface area contributed by atoms with Gasteiger partial charge in [-0.2, -0.15) is 5.26 Å². The third-order valence-electron chi connectivity index (χ3n) is 2.19. The van der Waals surface area contributed by atoms with E-state index in [1.54, 1.807) is 25.1 Å². The highest BCUT2D eigenvalue weighted by atomic mass is 16.5. The third-order valence-corrected chi connectivity index (χ3v) is 2.19. The van der Waals surface area contributed by atoms with E-state index in [0.717, 1.165) is 5.56 Å². The molecule has 0 radical (unpaired) electrons. The number of nitrogens with zero attached hydrogens (tertiary/aromatic N) is 1. The Morgan fingerprint density at radius 1 is 1.26 bits per heavy atom. The number of esters is 1. The van der Waals surface area contributed by atoms with Crippen molar-refractivity contribution in [3.63, 3.8) is 0 Å². The standard InChI is InChI=1S/C16H15NO2/c1-2-19-16(18)15(13-17)12-8-4-7-11-14-9-5-3-6-10-14/h3-12H,2H2,1H3/b8-4+,11-7-,15-12+. The van der Waals surface area contributed by atoms with Gasteiger partial charge in [-0.3, -0.25) is 0 Å². The topological polar surface area (TPSA) is 50.1 Å². The van der Waals surface area contributed by atoms with Crippen molar-refractivity contribution in [3.05, 3.63) is 65.8 Å². The second-order valence-corrected chi connectivity index (χ2v) is 3.57. The maximum absolute atomic E-state index is 11.3. The Kier molecular flexibility index (Phi) is 6.46. The van der Waals surface area contributed by atoms with E-state index in [-0.39, 0.29) is 12.2 Å². The lowest BCUT2D eigenvalue weighted by atomic mass is 10.2. The van der Waals surface area contributed by atoms with Crippen LogP contribution in [0.25, 0.3) is 6.08 Å². The molecule has 0 atom stereocenters. The zero-order valence-corrected chi connectivity index (χ0v) is 10.7. The van der Waals surface area contributed by atoms with Gasteiger partial charge in [0, 0.05) is 0 Å². The number of carbonyl (C=O) groups excluding carboxylic acids is 1. The smallest absolute Gasteiger partial charge is 0.348 e. The summed E-state index contributed by atoms with van der Waals surface area (Å²) < 4.78 is 4.74. The van der Waals surface area contributed by atoms with Crippen molar-refractivity contribution in [2.75, 3.05) is 6.61 Å². The summed E-state index contributed by atoms with van der Waals surface area (Å²) in [7, 11) is 0. The minimum atomic E-state index is -0.596. The molecule has 0 saturated carbocycles. The van der Waals surface area contributed by atoms with Crippen LogP contribution in [0.3, 0.4) is 0 Å². The predicted octanol–water partition coefficient (Wildman–Crippen LogP) is 3.27. The maximum Gasteiger partial charge on any atom is 0.348 e. The molecule has 0 aliphatic heterocycles. The average molecular weight is 253 g/mol. The fourth-order valence-electron chi connectivity index (χ4n) is 1.31. The van der Waals surface area contributed by atoms with Crippen LogP contribution in [0.15, 0.2) is 60.2 Å². The summed E-state index contributed by atoms with van der Waals surface area (Å²) in [5.74, 6) is -0.596. The van der Waals surface area contributed by atoms with E-state index in [9.17, 15) is 4.79 Å². The Balaban J connectivity index is 2.59. The minimum Gasteiger partial charge on any atom is -0.462 e. The zero-order valence-electron chi connectivity index (χ0n) is 10.7. The van der Waals surface area contributed by atoms with Crippen molar-refractivity contribution in [1.82, 2.24) is 0 Å². The lowest BCUT2D eigenvalue weighted by Crippen LogP contribution is -2.05. The van der Waals surface area contributed by atoms with E-state index in [0.29, 0.717) is 0 Å². The number of nitriles is 1. The molecular formula is C16H15NO2. The summed E-state index contributed by atoms with van der Waals surface area (Å²) in [5, 5.41) is 8.79. The van der Waals surface area contributed by atoms with Crippen molar-refractivity contribution >= 4 is 12.0 Å². The van der Waals surface area contributed by atoms with Gasteiger partial charge in [0.05, 0.1) is 6.61 Å². The monoisotopic (exact) mass is 253 g/mol. The van der Waals surface area contributed by atoms with Gasteiger partial charge in [0.1, 0.15) is 11.6 Å². The van der Waals surface area contributed by atoms with Gasteiger partial charge in [-0.05, 0) is 18.6 Å². The summed E-state index contributed by atoms with van der Waals surface area (Å²) in [6.07, 6.45) is 8.60. The molecule has 96 valence electrons. The highest BCUT2D eigenvalue weighted by Crippen LogP contribution is 2.01. The molecule has 0 spiro atoms. The molecule has 0 saturated heterocycles. The lowest BCUT2D eigenvalue weighted by Gasteiger charge is -1.96. The van der Waals surface area contributed by atoms with Crippen LogP contribution in [-0.4, -0.2) is 12.6 Å². The van der Waals surface area contributed by atoms with E-state index >= 15 is 0 Å². The SMILES string of the molecule is CCOC(=O)/C(C#N)=C/C=C/C=C\c1ccccc1. The van der Waals surface area contributed by atoms with Crippen molar-refractivity contribution in [2.24, 2.45) is 0 Å². The van der Waals surface area contributed by atoms with Crippen molar-refractivity contribution in [2.45, 2.75) is 6.92 Å². The number of benzene rings is 1. The van der Waals surface area contributed by atoms with E-state index < -0.39 is 5.97 Å². The Bertz CT molecular complexity index is 534. The van der Waals surface area contributed by atoms with Crippen LogP contribution in [-0.2, 0) is 9.53 Å². The van der Waals surface area contributed by atoms with E-state index in [2.05, 4.69) is 0 Å². The van der Waals surface area contributed by atoms with Crippen molar-refractivity contribution < 1.29 is 9.53 Å². The molecule has 1 aromatic carbocycles. The molecule has 0 aliphatic carbocycles. The minimum absolute atomic E-state index is 0.00814. The number of rotatable bonds is 5. The van der Waals surface area contributed by atoms with Gasteiger partial charge in [0.15, 0.2) is 0 Å². The first-order chi connectivity index (χ1) is 9.27. The zero-order chi connectivity index (χ0) is 13.9. The van der Waals surface area contributed by atoms with Crippen LogP contribution >= 0.6 is 0 Å². The number of hydrogen-bond acceptors (Lipinski definition) is 3. The van der Waals surface area contributed by atoms with E-state index in [4.69, 9.17) is 10.00 Å². The summed E-state index contributed by atoms with van der Waals surface area (Å²) in [5.41, 5.74) is 1.08. The molecule has 3 nitrogen and oxygen atoms in total. The van der Waals surface area contributed by atoms with Crippen molar-refractivity contribution in [1.29, 1.82) is 5.26 Å². The molecule has 0 heterocycles. The van der Waals surface area contributed by atoms with Gasteiger partial charge in [0.25, 0.3) is 0 Å². The van der Waals surface area contributed by atoms with Gasteiger partial charge in [-0.1, -0.05) is 54.6 Å². The second kappa shape index (κ2) is 8.48. The molecule has 0 unspecified atom stereocenters. The fraction of sp³-hybridized carbons (Fsp3) is 0.125. The van der Waals surface area contributed by atoms with Crippen molar-refractivity contribution in [3.8, 4) is 6.07 Å². The molecule has 0 aromatic heterocycles. The number of hydrogen-bond donors (Lipinski definition) is 0. The maximum atomic E-state index is 11.3. The summed E-state index contributed by atoms with van der Waals surface area (Å²) in [6.45, 7) is 1.96. The molecule has 1 rings (SSSR count). The molecule has 0 N–H and O–H groups in total. The first kappa shape index (κ1) is 14.5. The molecule has 0 aliphatic rings. The largest absolute Gasteiger partial charge is 0.462 e. The van der Waals surface area contributed by atoms with Crippen LogP contribution in [0.1, 0.15) is 12.5 Å². The highest BCUT2D eigenvalue weighted by molar-refractivity contribution is 5.93. The number of carbonyl (C=O) groups is 1. The first-order valence-electron chi connectivity index (χ1n) is 5.95. The lowest BCUT2D eigenvalue weighted by molar-refractivity contribution is -0.138. The Labute approximate surface area is 113 Å². The quantitative estimate of drug-likeness (QED) is 0.350. The predicted molar refractivity (Wildman–Crippen MR) is 74.9 cm³/mol. The van der Waals surface area contributed by atoms with Crippen LogP contribution in [0.4, 0.5) is 0 Å². The molecule has 0 bridgehead atoms. The van der Waals surface area contributed by atoms with Gasteiger partial charge in [-0.25, -0.2) is 4.79 Å². The van der Waals surface area contributed by atoms with Crippen LogP contribution in [0.2, 0.25) is 0 Å². The fourth-order valence-corrected chi connectivity index (χ4v) is 1.31. The first-order valence-corrected chi connectivity index (χ1v) is 5.95. The van der Waals surface area contributed by atoms with Gasteiger partial charge < -0.3 is 4.74 Å². The number of allylic oxidation sites excluding steroid dienone is 4. The summed E-state index contributed by atoms with van der Waals surface area (Å²) in [4.78, 5) is 11.3. The molecular weight excluding hydrogens is 238 g/mol. The molecule has 0 fully saturated rings. The number of ether oxygens (including phenoxy) is 1. The molecule has 19 heavy (non-hydrogen) atoms. The summed E-state index contributed by atoms with van der Waals surface area (Å²) >= 11 is 0. The van der Waals surface area contributed by atoms with Gasteiger partial charge in [0.2, 0.25) is 0 Å². The molecule has 0 amide bonds. The highest BCUT2D eigenvalue weighted by Gasteiger charge is 2.07. The van der Waals surface area contributed by atoms with E-state index in [1.807, 2.05) is 42.5 Å².